The van der Waals surface area contributed by atoms with Gasteiger partial charge in [-0.05, 0) is 24.6 Å². The lowest BCUT2D eigenvalue weighted by Crippen LogP contribution is -2.33. The van der Waals surface area contributed by atoms with Crippen molar-refractivity contribution in [2.24, 2.45) is 0 Å². The van der Waals surface area contributed by atoms with Crippen molar-refractivity contribution in [2.45, 2.75) is 12.5 Å². The average molecular weight is 383 g/mol. The van der Waals surface area contributed by atoms with Gasteiger partial charge in [0.15, 0.2) is 9.84 Å². The summed E-state index contributed by atoms with van der Waals surface area (Å²) in [6.07, 6.45) is 2.06. The van der Waals surface area contributed by atoms with Crippen LogP contribution in [0.25, 0.3) is 0 Å². The number of aromatic nitrogens is 2. The molecule has 0 spiro atoms. The Balaban J connectivity index is 1.76. The van der Waals surface area contributed by atoms with E-state index in [0.29, 0.717) is 28.8 Å². The summed E-state index contributed by atoms with van der Waals surface area (Å²) in [7, 11) is 0.463. The summed E-state index contributed by atoms with van der Waals surface area (Å²) in [4.78, 5) is 10.3. The van der Waals surface area contributed by atoms with Gasteiger partial charge in [-0.3, -0.25) is 0 Å². The maximum atomic E-state index is 11.7. The standard InChI is InChI=1S/C16H19ClN4O3S/c1-21(12-5-6-25(22,23)9-12)16-8-15(18-10-19-16)20-11-3-4-14(24-2)13(17)7-11/h3-4,7-8,10,12H,5-6,9H2,1-2H3,(H,18,19,20). The van der Waals surface area contributed by atoms with Gasteiger partial charge in [-0.1, -0.05) is 11.6 Å². The molecule has 1 saturated heterocycles. The quantitative estimate of drug-likeness (QED) is 0.850. The number of methoxy groups -OCH3 is 1. The van der Waals surface area contributed by atoms with E-state index in [0.717, 1.165) is 5.69 Å². The van der Waals surface area contributed by atoms with E-state index in [9.17, 15) is 8.42 Å². The molecular weight excluding hydrogens is 364 g/mol. The molecule has 1 unspecified atom stereocenters. The van der Waals surface area contributed by atoms with E-state index >= 15 is 0 Å². The Morgan fingerprint density at radius 1 is 1.32 bits per heavy atom. The van der Waals surface area contributed by atoms with Crippen LogP contribution in [0.1, 0.15) is 6.42 Å². The van der Waals surface area contributed by atoms with Crippen LogP contribution >= 0.6 is 11.6 Å². The molecule has 1 aliphatic heterocycles. The number of nitrogens with zero attached hydrogens (tertiary/aromatic N) is 3. The van der Waals surface area contributed by atoms with Crippen LogP contribution in [-0.2, 0) is 9.84 Å². The van der Waals surface area contributed by atoms with Crippen molar-refractivity contribution in [2.75, 3.05) is 35.9 Å². The van der Waals surface area contributed by atoms with E-state index in [2.05, 4.69) is 15.3 Å². The average Bonchev–Trinajstić information content (AvgIpc) is 2.94. The van der Waals surface area contributed by atoms with Crippen molar-refractivity contribution >= 4 is 38.8 Å². The van der Waals surface area contributed by atoms with Crippen molar-refractivity contribution in [1.29, 1.82) is 0 Å². The van der Waals surface area contributed by atoms with E-state index in [4.69, 9.17) is 16.3 Å². The third kappa shape index (κ3) is 4.13. The van der Waals surface area contributed by atoms with Gasteiger partial charge in [0.25, 0.3) is 0 Å². The number of hydrogen-bond acceptors (Lipinski definition) is 7. The smallest absolute Gasteiger partial charge is 0.152 e. The Labute approximate surface area is 151 Å². The molecule has 0 amide bonds. The second-order valence-electron chi connectivity index (χ2n) is 5.90. The van der Waals surface area contributed by atoms with E-state index in [1.807, 2.05) is 18.0 Å². The molecule has 7 nitrogen and oxygen atoms in total. The summed E-state index contributed by atoms with van der Waals surface area (Å²) >= 11 is 6.13. The number of benzene rings is 1. The van der Waals surface area contributed by atoms with E-state index in [1.54, 1.807) is 25.3 Å². The molecule has 1 atom stereocenters. The van der Waals surface area contributed by atoms with Crippen LogP contribution in [0.2, 0.25) is 5.02 Å². The fraction of sp³-hybridized carbons (Fsp3) is 0.375. The normalized spacial score (nSPS) is 18.8. The number of hydrogen-bond donors (Lipinski definition) is 1. The molecule has 1 aromatic carbocycles. The monoisotopic (exact) mass is 382 g/mol. The molecule has 25 heavy (non-hydrogen) atoms. The Bertz CT molecular complexity index is 875. The summed E-state index contributed by atoms with van der Waals surface area (Å²) in [6.45, 7) is 0. The molecule has 2 heterocycles. The Hall–Kier alpha value is -2.06. The van der Waals surface area contributed by atoms with Gasteiger partial charge in [0.2, 0.25) is 0 Å². The Morgan fingerprint density at radius 3 is 2.76 bits per heavy atom. The number of rotatable bonds is 5. The molecule has 1 fully saturated rings. The van der Waals surface area contributed by atoms with Crippen LogP contribution in [-0.4, -0.2) is 50.1 Å². The fourth-order valence-corrected chi connectivity index (χ4v) is 4.80. The van der Waals surface area contributed by atoms with Crippen molar-refractivity contribution in [3.63, 3.8) is 0 Å². The predicted molar refractivity (Wildman–Crippen MR) is 98.8 cm³/mol. The topological polar surface area (TPSA) is 84.4 Å². The summed E-state index contributed by atoms with van der Waals surface area (Å²) in [5.41, 5.74) is 0.765. The number of anilines is 3. The van der Waals surface area contributed by atoms with Crippen LogP contribution in [0.3, 0.4) is 0 Å². The number of sulfone groups is 1. The third-order valence-electron chi connectivity index (χ3n) is 4.19. The molecule has 0 bridgehead atoms. The highest BCUT2D eigenvalue weighted by Crippen LogP contribution is 2.29. The minimum absolute atomic E-state index is 0.0665. The van der Waals surface area contributed by atoms with Gasteiger partial charge < -0.3 is 15.0 Å². The lowest BCUT2D eigenvalue weighted by molar-refractivity contribution is 0.415. The van der Waals surface area contributed by atoms with Gasteiger partial charge in [0.1, 0.15) is 23.7 Å². The molecule has 134 valence electrons. The summed E-state index contributed by atoms with van der Waals surface area (Å²) in [6, 6.07) is 7.06. The Morgan fingerprint density at radius 2 is 2.12 bits per heavy atom. The summed E-state index contributed by atoms with van der Waals surface area (Å²) in [5, 5.41) is 3.66. The van der Waals surface area contributed by atoms with E-state index in [1.165, 1.54) is 6.33 Å². The van der Waals surface area contributed by atoms with Crippen molar-refractivity contribution in [3.05, 3.63) is 35.6 Å². The van der Waals surface area contributed by atoms with Crippen LogP contribution < -0.4 is 15.0 Å². The number of halogens is 1. The van der Waals surface area contributed by atoms with Gasteiger partial charge >= 0.3 is 0 Å². The van der Waals surface area contributed by atoms with Gasteiger partial charge in [0, 0.05) is 24.8 Å². The minimum Gasteiger partial charge on any atom is -0.495 e. The highest BCUT2D eigenvalue weighted by Gasteiger charge is 2.31. The molecule has 1 N–H and O–H groups in total. The van der Waals surface area contributed by atoms with Gasteiger partial charge in [-0.2, -0.15) is 0 Å². The first-order valence-corrected chi connectivity index (χ1v) is 9.94. The second kappa shape index (κ2) is 7.05. The minimum atomic E-state index is -2.95. The van der Waals surface area contributed by atoms with Crippen LogP contribution in [0.15, 0.2) is 30.6 Å². The van der Waals surface area contributed by atoms with Gasteiger partial charge in [0.05, 0.1) is 23.6 Å². The third-order valence-corrected chi connectivity index (χ3v) is 6.24. The highest BCUT2D eigenvalue weighted by atomic mass is 35.5. The molecule has 1 aliphatic rings. The summed E-state index contributed by atoms with van der Waals surface area (Å²) in [5.74, 6) is 2.24. The fourth-order valence-electron chi connectivity index (χ4n) is 2.77. The first kappa shape index (κ1) is 17.8. The maximum Gasteiger partial charge on any atom is 0.152 e. The lowest BCUT2D eigenvalue weighted by Gasteiger charge is -2.24. The van der Waals surface area contributed by atoms with Crippen molar-refractivity contribution in [1.82, 2.24) is 9.97 Å². The SMILES string of the molecule is COc1ccc(Nc2cc(N(C)C3CCS(=O)(=O)C3)ncn2)cc1Cl. The van der Waals surface area contributed by atoms with Gasteiger partial charge in [-0.25, -0.2) is 18.4 Å². The number of nitrogens with one attached hydrogen (secondary N) is 1. The lowest BCUT2D eigenvalue weighted by atomic mass is 10.2. The zero-order valence-corrected chi connectivity index (χ0v) is 15.5. The first-order valence-electron chi connectivity index (χ1n) is 7.74. The van der Waals surface area contributed by atoms with Gasteiger partial charge in [-0.15, -0.1) is 0 Å². The molecule has 3 rings (SSSR count). The molecule has 9 heteroatoms. The number of ether oxygens (including phenoxy) is 1. The van der Waals surface area contributed by atoms with Crippen molar-refractivity contribution in [3.8, 4) is 5.75 Å². The van der Waals surface area contributed by atoms with Crippen molar-refractivity contribution < 1.29 is 13.2 Å². The molecule has 0 saturated carbocycles. The zero-order chi connectivity index (χ0) is 18.0. The molecule has 0 aliphatic carbocycles. The van der Waals surface area contributed by atoms with E-state index in [-0.39, 0.29) is 17.5 Å². The Kier molecular flexibility index (Phi) is 5.01. The largest absolute Gasteiger partial charge is 0.495 e. The molecule has 1 aromatic heterocycles. The van der Waals surface area contributed by atoms with E-state index < -0.39 is 9.84 Å². The van der Waals surface area contributed by atoms with Crippen LogP contribution in [0.5, 0.6) is 5.75 Å². The maximum absolute atomic E-state index is 11.7. The predicted octanol–water partition coefficient (Wildman–Crippen LogP) is 2.51. The van der Waals surface area contributed by atoms with Crippen LogP contribution in [0.4, 0.5) is 17.3 Å². The molecule has 2 aromatic rings. The first-order chi connectivity index (χ1) is 11.9. The molecule has 0 radical (unpaired) electrons. The highest BCUT2D eigenvalue weighted by molar-refractivity contribution is 7.91. The zero-order valence-electron chi connectivity index (χ0n) is 13.9. The molecular formula is C16H19ClN4O3S. The van der Waals surface area contributed by atoms with Crippen LogP contribution in [0, 0.1) is 0 Å². The second-order valence-corrected chi connectivity index (χ2v) is 8.54. The summed E-state index contributed by atoms with van der Waals surface area (Å²) < 4.78 is 28.5.